The van der Waals surface area contributed by atoms with Gasteiger partial charge in [0.25, 0.3) is 0 Å². The van der Waals surface area contributed by atoms with Crippen LogP contribution < -0.4 is 0 Å². The maximum atomic E-state index is 5.40. The predicted molar refractivity (Wildman–Crippen MR) is 279 cm³/mol. The number of rotatable bonds is 8. The van der Waals surface area contributed by atoms with E-state index in [1.807, 2.05) is 30.3 Å². The van der Waals surface area contributed by atoms with Gasteiger partial charge in [-0.3, -0.25) is 4.57 Å². The standard InChI is InChI=1S/C62H40N6/c1-5-19-41(20-6-1)45-27-18-30-49(38-45)67-55-33-15-13-31-50(55)51-35-36-57-58(59(51)67)52-32-14-16-34-56(52)68(57)62-65-60(44-25-11-4-12-26-44)64-61(66-62)47-29-17-28-46(37-47)54-40-48(42-21-7-2-8-22-42)39-53(63-54)43-23-9-3-10-24-43/h1-40H. The second-order valence-electron chi connectivity index (χ2n) is 17.1. The lowest BCUT2D eigenvalue weighted by Gasteiger charge is -2.13. The number of hydrogen-bond donors (Lipinski definition) is 0. The van der Waals surface area contributed by atoms with Crippen molar-refractivity contribution in [2.45, 2.75) is 0 Å². The van der Waals surface area contributed by atoms with Crippen LogP contribution in [-0.2, 0) is 0 Å². The highest BCUT2D eigenvalue weighted by Gasteiger charge is 2.23. The Morgan fingerprint density at radius 1 is 0.265 bits per heavy atom. The van der Waals surface area contributed by atoms with Gasteiger partial charge in [-0.25, -0.2) is 9.97 Å². The summed E-state index contributed by atoms with van der Waals surface area (Å²) in [7, 11) is 0. The molecule has 0 amide bonds. The molecule has 0 unspecified atom stereocenters. The second kappa shape index (κ2) is 16.3. The SMILES string of the molecule is c1ccc(-c2cccc(-n3c4ccccc4c4ccc5c(c6ccccc6n5-c5nc(-c6ccccc6)nc(-c6cccc(-c7cc(-c8ccccc8)cc(-c8ccccc8)n7)c6)n5)c43)c2)cc1. The molecule has 0 radical (unpaired) electrons. The summed E-state index contributed by atoms with van der Waals surface area (Å²) in [5.74, 6) is 1.69. The first kappa shape index (κ1) is 39.1. The number of nitrogens with zero attached hydrogens (tertiary/aromatic N) is 6. The molecule has 0 spiro atoms. The van der Waals surface area contributed by atoms with Crippen LogP contribution in [0.1, 0.15) is 0 Å². The van der Waals surface area contributed by atoms with Gasteiger partial charge in [0.15, 0.2) is 11.6 Å². The predicted octanol–water partition coefficient (Wildman–Crippen LogP) is 15.5. The molecule has 0 aliphatic carbocycles. The van der Waals surface area contributed by atoms with Gasteiger partial charge in [0.2, 0.25) is 5.95 Å². The molecular weight excluding hydrogens is 829 g/mol. The fourth-order valence-corrected chi connectivity index (χ4v) is 9.81. The molecule has 0 aliphatic rings. The van der Waals surface area contributed by atoms with Crippen molar-refractivity contribution in [1.29, 1.82) is 0 Å². The number of benzene rings is 9. The maximum absolute atomic E-state index is 5.40. The Kier molecular flexibility index (Phi) is 9.39. The third-order valence-corrected chi connectivity index (χ3v) is 13.0. The van der Waals surface area contributed by atoms with Crippen LogP contribution in [-0.4, -0.2) is 29.1 Å². The summed E-state index contributed by atoms with van der Waals surface area (Å²) in [6.07, 6.45) is 0. The van der Waals surface area contributed by atoms with E-state index in [-0.39, 0.29) is 0 Å². The van der Waals surface area contributed by atoms with Gasteiger partial charge in [0.05, 0.1) is 33.5 Å². The molecule has 13 aromatic rings. The summed E-state index contributed by atoms with van der Waals surface area (Å²) in [6.45, 7) is 0. The maximum Gasteiger partial charge on any atom is 0.238 e. The van der Waals surface area contributed by atoms with Crippen LogP contribution in [0.2, 0.25) is 0 Å². The van der Waals surface area contributed by atoms with Crippen LogP contribution in [0.25, 0.3) is 123 Å². The highest BCUT2D eigenvalue weighted by molar-refractivity contribution is 6.26. The smallest absolute Gasteiger partial charge is 0.238 e. The zero-order chi connectivity index (χ0) is 45.0. The highest BCUT2D eigenvalue weighted by Crippen LogP contribution is 2.42. The van der Waals surface area contributed by atoms with Gasteiger partial charge in [-0.15, -0.1) is 0 Å². The number of para-hydroxylation sites is 2. The van der Waals surface area contributed by atoms with Gasteiger partial charge < -0.3 is 4.57 Å². The van der Waals surface area contributed by atoms with Crippen molar-refractivity contribution in [3.8, 4) is 79.2 Å². The van der Waals surface area contributed by atoms with Crippen molar-refractivity contribution in [2.75, 3.05) is 0 Å². The van der Waals surface area contributed by atoms with E-state index in [1.54, 1.807) is 0 Å². The van der Waals surface area contributed by atoms with E-state index in [4.69, 9.17) is 19.9 Å². The van der Waals surface area contributed by atoms with Gasteiger partial charge in [0, 0.05) is 49.5 Å². The van der Waals surface area contributed by atoms with Crippen LogP contribution in [0.4, 0.5) is 0 Å². The average molecular weight is 869 g/mol. The fourth-order valence-electron chi connectivity index (χ4n) is 9.81. The van der Waals surface area contributed by atoms with Crippen LogP contribution in [0, 0.1) is 0 Å². The molecule has 0 N–H and O–H groups in total. The summed E-state index contributed by atoms with van der Waals surface area (Å²) in [5, 5.41) is 4.61. The first-order valence-electron chi connectivity index (χ1n) is 22.9. The summed E-state index contributed by atoms with van der Waals surface area (Å²) in [5.41, 5.74) is 15.5. The largest absolute Gasteiger partial charge is 0.309 e. The molecule has 0 atom stereocenters. The Balaban J connectivity index is 1.03. The van der Waals surface area contributed by atoms with Crippen molar-refractivity contribution in [2.24, 2.45) is 0 Å². The van der Waals surface area contributed by atoms with Crippen molar-refractivity contribution < 1.29 is 0 Å². The van der Waals surface area contributed by atoms with Crippen molar-refractivity contribution in [1.82, 2.24) is 29.1 Å². The fraction of sp³-hybridized carbons (Fsp3) is 0. The molecule has 318 valence electrons. The zero-order valence-corrected chi connectivity index (χ0v) is 36.8. The monoisotopic (exact) mass is 868 g/mol. The van der Waals surface area contributed by atoms with Crippen LogP contribution in [0.15, 0.2) is 243 Å². The lowest BCUT2D eigenvalue weighted by molar-refractivity contribution is 0.953. The molecule has 6 heteroatoms. The van der Waals surface area contributed by atoms with Crippen LogP contribution in [0.5, 0.6) is 0 Å². The summed E-state index contributed by atoms with van der Waals surface area (Å²) in [4.78, 5) is 21.2. The molecule has 0 saturated carbocycles. The van der Waals surface area contributed by atoms with E-state index >= 15 is 0 Å². The van der Waals surface area contributed by atoms with Crippen LogP contribution >= 0.6 is 0 Å². The minimum absolute atomic E-state index is 0.536. The number of fused-ring (bicyclic) bond motifs is 7. The highest BCUT2D eigenvalue weighted by atomic mass is 15.2. The summed E-state index contributed by atoms with van der Waals surface area (Å²) >= 11 is 0. The molecule has 0 bridgehead atoms. The molecule has 9 aromatic carbocycles. The van der Waals surface area contributed by atoms with Crippen molar-refractivity contribution in [3.63, 3.8) is 0 Å². The van der Waals surface area contributed by atoms with Gasteiger partial charge in [0.1, 0.15) is 0 Å². The second-order valence-corrected chi connectivity index (χ2v) is 17.1. The van der Waals surface area contributed by atoms with E-state index < -0.39 is 0 Å². The molecule has 0 saturated heterocycles. The van der Waals surface area contributed by atoms with Crippen molar-refractivity contribution >= 4 is 43.6 Å². The number of hydrogen-bond acceptors (Lipinski definition) is 4. The Hall–Kier alpha value is -9.26. The third kappa shape index (κ3) is 6.74. The molecular formula is C62H40N6. The van der Waals surface area contributed by atoms with E-state index in [9.17, 15) is 0 Å². The first-order valence-corrected chi connectivity index (χ1v) is 22.9. The number of aromatic nitrogens is 6. The minimum Gasteiger partial charge on any atom is -0.309 e. The molecule has 6 nitrogen and oxygen atoms in total. The summed E-state index contributed by atoms with van der Waals surface area (Å²) in [6, 6.07) is 85.0. The van der Waals surface area contributed by atoms with Gasteiger partial charge in [-0.2, -0.15) is 9.97 Å². The van der Waals surface area contributed by atoms with Gasteiger partial charge in [-0.1, -0.05) is 194 Å². The number of pyridine rings is 1. The Labute approximate surface area is 392 Å². The molecule has 68 heavy (non-hydrogen) atoms. The molecule has 0 aliphatic heterocycles. The van der Waals surface area contributed by atoms with E-state index in [1.165, 1.54) is 16.3 Å². The Bertz CT molecular complexity index is 3950. The quantitative estimate of drug-likeness (QED) is 0.153. The van der Waals surface area contributed by atoms with Gasteiger partial charge in [-0.05, 0) is 70.8 Å². The van der Waals surface area contributed by atoms with Crippen molar-refractivity contribution in [3.05, 3.63) is 243 Å². The summed E-state index contributed by atoms with van der Waals surface area (Å²) < 4.78 is 4.64. The topological polar surface area (TPSA) is 61.4 Å². The molecule has 0 fully saturated rings. The Morgan fingerprint density at radius 2 is 0.779 bits per heavy atom. The first-order chi connectivity index (χ1) is 33.7. The van der Waals surface area contributed by atoms with Gasteiger partial charge >= 0.3 is 0 Å². The normalized spacial score (nSPS) is 11.5. The minimum atomic E-state index is 0.536. The zero-order valence-electron chi connectivity index (χ0n) is 36.8. The molecule has 4 aromatic heterocycles. The van der Waals surface area contributed by atoms with E-state index in [2.05, 4.69) is 221 Å². The Morgan fingerprint density at radius 3 is 1.49 bits per heavy atom. The van der Waals surface area contributed by atoms with Crippen LogP contribution in [0.3, 0.4) is 0 Å². The third-order valence-electron chi connectivity index (χ3n) is 13.0. The lowest BCUT2D eigenvalue weighted by Crippen LogP contribution is -2.06. The van der Waals surface area contributed by atoms with E-state index in [0.717, 1.165) is 88.9 Å². The van der Waals surface area contributed by atoms with E-state index in [0.29, 0.717) is 17.6 Å². The lowest BCUT2D eigenvalue weighted by atomic mass is 9.99. The molecule has 13 rings (SSSR count). The molecule has 4 heterocycles. The average Bonchev–Trinajstić information content (AvgIpc) is 3.95.